The quantitative estimate of drug-likeness (QED) is 0.658. The second kappa shape index (κ2) is 7.47. The normalized spacial score (nSPS) is 10.6. The summed E-state index contributed by atoms with van der Waals surface area (Å²) in [6.45, 7) is 1.69. The van der Waals surface area contributed by atoms with Gasteiger partial charge in [-0.05, 0) is 48.4 Å². The van der Waals surface area contributed by atoms with Crippen molar-refractivity contribution in [2.45, 2.75) is 6.92 Å². The molecule has 0 aromatic heterocycles. The number of phenols is 1. The summed E-state index contributed by atoms with van der Waals surface area (Å²) >= 11 is 5.85. The fourth-order valence-corrected chi connectivity index (χ4v) is 1.96. The SMILES string of the molecule is Cc1cc(Cl)ccc1OCC(=O)NN=Cc1cccc(O)c1. The summed E-state index contributed by atoms with van der Waals surface area (Å²) in [6.07, 6.45) is 1.44. The van der Waals surface area contributed by atoms with Gasteiger partial charge in [0.1, 0.15) is 11.5 Å². The molecule has 0 atom stereocenters. The van der Waals surface area contributed by atoms with Crippen LogP contribution in [0.1, 0.15) is 11.1 Å². The first-order chi connectivity index (χ1) is 10.5. The summed E-state index contributed by atoms with van der Waals surface area (Å²) < 4.78 is 5.39. The second-order valence-electron chi connectivity index (χ2n) is 4.59. The molecule has 0 saturated heterocycles. The van der Waals surface area contributed by atoms with Gasteiger partial charge in [-0.3, -0.25) is 4.79 Å². The molecule has 0 saturated carbocycles. The number of carbonyl (C=O) groups is 1. The van der Waals surface area contributed by atoms with Gasteiger partial charge < -0.3 is 9.84 Å². The van der Waals surface area contributed by atoms with Crippen LogP contribution in [0, 0.1) is 6.92 Å². The Kier molecular flexibility index (Phi) is 5.38. The summed E-state index contributed by atoms with van der Waals surface area (Å²) in [5.41, 5.74) is 3.88. The molecule has 0 fully saturated rings. The third-order valence-corrected chi connectivity index (χ3v) is 3.00. The molecule has 2 rings (SSSR count). The Bertz CT molecular complexity index is 702. The Morgan fingerprint density at radius 2 is 2.18 bits per heavy atom. The number of ether oxygens (including phenoxy) is 1. The number of hydrazone groups is 1. The smallest absolute Gasteiger partial charge is 0.277 e. The van der Waals surface area contributed by atoms with Crippen LogP contribution in [0.2, 0.25) is 5.02 Å². The number of carbonyl (C=O) groups excluding carboxylic acids is 1. The lowest BCUT2D eigenvalue weighted by atomic mass is 10.2. The average Bonchev–Trinajstić information content (AvgIpc) is 2.46. The molecule has 0 heterocycles. The zero-order valence-corrected chi connectivity index (χ0v) is 12.7. The molecule has 2 N–H and O–H groups in total. The van der Waals surface area contributed by atoms with Crippen molar-refractivity contribution in [3.8, 4) is 11.5 Å². The lowest BCUT2D eigenvalue weighted by molar-refractivity contribution is -0.123. The van der Waals surface area contributed by atoms with Gasteiger partial charge in [-0.1, -0.05) is 23.7 Å². The van der Waals surface area contributed by atoms with E-state index in [-0.39, 0.29) is 18.3 Å². The van der Waals surface area contributed by atoms with Gasteiger partial charge in [0.2, 0.25) is 0 Å². The van der Waals surface area contributed by atoms with Crippen molar-refractivity contribution < 1.29 is 14.6 Å². The van der Waals surface area contributed by atoms with Crippen LogP contribution in [0.4, 0.5) is 0 Å². The number of aromatic hydroxyl groups is 1. The molecule has 22 heavy (non-hydrogen) atoms. The van der Waals surface area contributed by atoms with E-state index in [9.17, 15) is 9.90 Å². The molecule has 2 aromatic carbocycles. The van der Waals surface area contributed by atoms with Gasteiger partial charge >= 0.3 is 0 Å². The number of aryl methyl sites for hydroxylation is 1. The first kappa shape index (κ1) is 15.9. The standard InChI is InChI=1S/C16H15ClN2O3/c1-11-7-13(17)5-6-15(11)22-10-16(21)19-18-9-12-3-2-4-14(20)8-12/h2-9,20H,10H2,1H3,(H,19,21). The maximum Gasteiger partial charge on any atom is 0.277 e. The largest absolute Gasteiger partial charge is 0.508 e. The van der Waals surface area contributed by atoms with E-state index < -0.39 is 0 Å². The lowest BCUT2D eigenvalue weighted by Crippen LogP contribution is -2.24. The molecular formula is C16H15ClN2O3. The van der Waals surface area contributed by atoms with E-state index in [4.69, 9.17) is 16.3 Å². The summed E-state index contributed by atoms with van der Waals surface area (Å²) in [4.78, 5) is 11.6. The number of rotatable bonds is 5. The van der Waals surface area contributed by atoms with Gasteiger partial charge in [0, 0.05) is 5.02 Å². The number of nitrogens with one attached hydrogen (secondary N) is 1. The minimum Gasteiger partial charge on any atom is -0.508 e. The van der Waals surface area contributed by atoms with Gasteiger partial charge in [-0.15, -0.1) is 0 Å². The highest BCUT2D eigenvalue weighted by Crippen LogP contribution is 2.21. The van der Waals surface area contributed by atoms with E-state index in [0.717, 1.165) is 5.56 Å². The predicted molar refractivity (Wildman–Crippen MR) is 85.5 cm³/mol. The van der Waals surface area contributed by atoms with Crippen LogP contribution in [0.15, 0.2) is 47.6 Å². The highest BCUT2D eigenvalue weighted by molar-refractivity contribution is 6.30. The highest BCUT2D eigenvalue weighted by Gasteiger charge is 2.04. The van der Waals surface area contributed by atoms with Gasteiger partial charge in [-0.25, -0.2) is 5.43 Å². The Hall–Kier alpha value is -2.53. The molecule has 0 spiro atoms. The van der Waals surface area contributed by atoms with Gasteiger partial charge in [0.25, 0.3) is 5.91 Å². The van der Waals surface area contributed by atoms with Crippen molar-refractivity contribution in [2.75, 3.05) is 6.61 Å². The van der Waals surface area contributed by atoms with Crippen molar-refractivity contribution in [3.63, 3.8) is 0 Å². The maximum absolute atomic E-state index is 11.6. The molecule has 5 nitrogen and oxygen atoms in total. The molecule has 1 amide bonds. The lowest BCUT2D eigenvalue weighted by Gasteiger charge is -2.08. The third-order valence-electron chi connectivity index (χ3n) is 2.77. The van der Waals surface area contributed by atoms with Crippen LogP contribution >= 0.6 is 11.6 Å². The number of hydrogen-bond donors (Lipinski definition) is 2. The summed E-state index contributed by atoms with van der Waals surface area (Å²) in [6, 6.07) is 11.7. The fraction of sp³-hybridized carbons (Fsp3) is 0.125. The highest BCUT2D eigenvalue weighted by atomic mass is 35.5. The zero-order valence-electron chi connectivity index (χ0n) is 11.9. The number of phenolic OH excluding ortho intramolecular Hbond substituents is 1. The molecule has 114 valence electrons. The molecule has 0 radical (unpaired) electrons. The number of benzene rings is 2. The number of amides is 1. The number of nitrogens with zero attached hydrogens (tertiary/aromatic N) is 1. The molecule has 2 aromatic rings. The monoisotopic (exact) mass is 318 g/mol. The number of hydrogen-bond acceptors (Lipinski definition) is 4. The Morgan fingerprint density at radius 1 is 1.36 bits per heavy atom. The Labute approximate surface area is 133 Å². The van der Waals surface area contributed by atoms with E-state index in [2.05, 4.69) is 10.5 Å². The molecule has 0 unspecified atom stereocenters. The molecule has 6 heteroatoms. The van der Waals surface area contributed by atoms with E-state index >= 15 is 0 Å². The minimum absolute atomic E-state index is 0.136. The van der Waals surface area contributed by atoms with Crippen LogP contribution in [0.5, 0.6) is 11.5 Å². The summed E-state index contributed by atoms with van der Waals surface area (Å²) in [5.74, 6) is 0.346. The Balaban J connectivity index is 1.83. The topological polar surface area (TPSA) is 70.9 Å². The molecule has 0 aliphatic heterocycles. The van der Waals surface area contributed by atoms with Crippen LogP contribution in [-0.4, -0.2) is 23.8 Å². The van der Waals surface area contributed by atoms with E-state index in [1.54, 1.807) is 36.4 Å². The maximum atomic E-state index is 11.6. The number of halogens is 1. The van der Waals surface area contributed by atoms with Crippen molar-refractivity contribution >= 4 is 23.7 Å². The molecule has 0 aliphatic carbocycles. The van der Waals surface area contributed by atoms with Crippen molar-refractivity contribution in [1.82, 2.24) is 5.43 Å². The van der Waals surface area contributed by atoms with E-state index in [1.807, 2.05) is 6.92 Å². The Morgan fingerprint density at radius 3 is 2.91 bits per heavy atom. The van der Waals surface area contributed by atoms with Crippen molar-refractivity contribution in [2.24, 2.45) is 5.10 Å². The summed E-state index contributed by atoms with van der Waals surface area (Å²) in [5, 5.41) is 13.7. The first-order valence-electron chi connectivity index (χ1n) is 6.54. The van der Waals surface area contributed by atoms with Crippen molar-refractivity contribution in [3.05, 3.63) is 58.6 Å². The van der Waals surface area contributed by atoms with Crippen LogP contribution < -0.4 is 10.2 Å². The van der Waals surface area contributed by atoms with E-state index in [0.29, 0.717) is 16.3 Å². The molecule has 0 bridgehead atoms. The molecular weight excluding hydrogens is 304 g/mol. The van der Waals surface area contributed by atoms with Crippen molar-refractivity contribution in [1.29, 1.82) is 0 Å². The zero-order chi connectivity index (χ0) is 15.9. The predicted octanol–water partition coefficient (Wildman–Crippen LogP) is 2.88. The van der Waals surface area contributed by atoms with Gasteiger partial charge in [-0.2, -0.15) is 5.10 Å². The van der Waals surface area contributed by atoms with Gasteiger partial charge in [0.05, 0.1) is 6.21 Å². The fourth-order valence-electron chi connectivity index (χ4n) is 1.73. The second-order valence-corrected chi connectivity index (χ2v) is 5.02. The van der Waals surface area contributed by atoms with Crippen LogP contribution in [-0.2, 0) is 4.79 Å². The van der Waals surface area contributed by atoms with Gasteiger partial charge in [0.15, 0.2) is 6.61 Å². The molecule has 0 aliphatic rings. The van der Waals surface area contributed by atoms with Crippen LogP contribution in [0.25, 0.3) is 0 Å². The first-order valence-corrected chi connectivity index (χ1v) is 6.92. The minimum atomic E-state index is -0.384. The average molecular weight is 319 g/mol. The summed E-state index contributed by atoms with van der Waals surface area (Å²) in [7, 11) is 0. The van der Waals surface area contributed by atoms with E-state index in [1.165, 1.54) is 12.3 Å². The third kappa shape index (κ3) is 4.79. The van der Waals surface area contributed by atoms with Crippen LogP contribution in [0.3, 0.4) is 0 Å².